The number of hydrogen-bond acceptors (Lipinski definition) is 3. The number of nitrogens with two attached hydrogens (primary N) is 1. The molecule has 0 atom stereocenters. The van der Waals surface area contributed by atoms with Gasteiger partial charge in [0.1, 0.15) is 18.1 Å². The Morgan fingerprint density at radius 3 is 2.39 bits per heavy atom. The lowest BCUT2D eigenvalue weighted by molar-refractivity contribution is -0.137. The number of alkyl halides is 3. The molecule has 0 aliphatic rings. The minimum atomic E-state index is -4.49. The standard InChI is InChI=1S/C16H16F3NO2.ClH/c1-21-12-4-2-3-11(9-12)14-6-5-13(22-8-7-20)10-15(14)16(17,18)19;/h2-6,9-10H,7-8,20H2,1H3;1H. The molecule has 0 aliphatic carbocycles. The van der Waals surface area contributed by atoms with E-state index in [0.29, 0.717) is 11.3 Å². The summed E-state index contributed by atoms with van der Waals surface area (Å²) in [5.41, 5.74) is 5.04. The van der Waals surface area contributed by atoms with Crippen molar-refractivity contribution in [2.45, 2.75) is 6.18 Å². The highest BCUT2D eigenvalue weighted by Gasteiger charge is 2.34. The lowest BCUT2D eigenvalue weighted by atomic mass is 9.98. The molecule has 2 N–H and O–H groups in total. The van der Waals surface area contributed by atoms with Gasteiger partial charge in [0, 0.05) is 6.54 Å². The van der Waals surface area contributed by atoms with E-state index in [1.807, 2.05) is 0 Å². The summed E-state index contributed by atoms with van der Waals surface area (Å²) >= 11 is 0. The third-order valence-electron chi connectivity index (χ3n) is 3.06. The number of benzene rings is 2. The maximum atomic E-state index is 13.3. The van der Waals surface area contributed by atoms with Crippen molar-refractivity contribution in [2.24, 2.45) is 5.73 Å². The average molecular weight is 348 g/mol. The fourth-order valence-electron chi connectivity index (χ4n) is 2.07. The highest BCUT2D eigenvalue weighted by molar-refractivity contribution is 5.85. The van der Waals surface area contributed by atoms with Crippen LogP contribution in [-0.2, 0) is 6.18 Å². The van der Waals surface area contributed by atoms with E-state index in [4.69, 9.17) is 15.2 Å². The lowest BCUT2D eigenvalue weighted by Gasteiger charge is -2.15. The number of halogens is 4. The quantitative estimate of drug-likeness (QED) is 0.884. The van der Waals surface area contributed by atoms with Crippen LogP contribution in [0.3, 0.4) is 0 Å². The molecule has 0 heterocycles. The van der Waals surface area contributed by atoms with Gasteiger partial charge in [-0.2, -0.15) is 13.2 Å². The van der Waals surface area contributed by atoms with Gasteiger partial charge in [0.25, 0.3) is 0 Å². The van der Waals surface area contributed by atoms with Crippen LogP contribution in [0.2, 0.25) is 0 Å². The predicted octanol–water partition coefficient (Wildman–Crippen LogP) is 4.14. The maximum absolute atomic E-state index is 13.3. The Labute approximate surface area is 138 Å². The van der Waals surface area contributed by atoms with Crippen molar-refractivity contribution in [3.63, 3.8) is 0 Å². The SMILES string of the molecule is COc1cccc(-c2ccc(OCCN)cc2C(F)(F)F)c1.Cl. The second-order valence-corrected chi connectivity index (χ2v) is 4.57. The van der Waals surface area contributed by atoms with E-state index in [9.17, 15) is 13.2 Å². The molecule has 0 fully saturated rings. The molecule has 0 unspecified atom stereocenters. The summed E-state index contributed by atoms with van der Waals surface area (Å²) in [7, 11) is 1.47. The highest BCUT2D eigenvalue weighted by atomic mass is 35.5. The molecule has 0 saturated carbocycles. The summed E-state index contributed by atoms with van der Waals surface area (Å²) in [6.45, 7) is 0.398. The summed E-state index contributed by atoms with van der Waals surface area (Å²) < 4.78 is 50.2. The molecule has 0 aliphatic heterocycles. The van der Waals surface area contributed by atoms with Crippen LogP contribution in [0.15, 0.2) is 42.5 Å². The van der Waals surface area contributed by atoms with E-state index in [2.05, 4.69) is 0 Å². The van der Waals surface area contributed by atoms with Crippen LogP contribution in [0.4, 0.5) is 13.2 Å². The van der Waals surface area contributed by atoms with Crippen LogP contribution < -0.4 is 15.2 Å². The van der Waals surface area contributed by atoms with E-state index in [-0.39, 0.29) is 36.9 Å². The van der Waals surface area contributed by atoms with E-state index in [1.54, 1.807) is 24.3 Å². The topological polar surface area (TPSA) is 44.5 Å². The van der Waals surface area contributed by atoms with Gasteiger partial charge < -0.3 is 15.2 Å². The molecular weight excluding hydrogens is 331 g/mol. The van der Waals surface area contributed by atoms with Crippen LogP contribution >= 0.6 is 12.4 Å². The summed E-state index contributed by atoms with van der Waals surface area (Å²) in [6.07, 6.45) is -4.49. The smallest absolute Gasteiger partial charge is 0.417 e. The van der Waals surface area contributed by atoms with Gasteiger partial charge in [-0.25, -0.2) is 0 Å². The van der Waals surface area contributed by atoms with Crippen LogP contribution in [0, 0.1) is 0 Å². The van der Waals surface area contributed by atoms with Crippen molar-refractivity contribution < 1.29 is 22.6 Å². The summed E-state index contributed by atoms with van der Waals surface area (Å²) in [5.74, 6) is 0.638. The molecule has 2 aromatic carbocycles. The summed E-state index contributed by atoms with van der Waals surface area (Å²) in [5, 5.41) is 0. The van der Waals surface area contributed by atoms with Gasteiger partial charge in [-0.15, -0.1) is 12.4 Å². The Morgan fingerprint density at radius 2 is 1.78 bits per heavy atom. The van der Waals surface area contributed by atoms with E-state index >= 15 is 0 Å². The first kappa shape index (κ1) is 19.1. The fourth-order valence-corrected chi connectivity index (χ4v) is 2.07. The molecule has 0 saturated heterocycles. The second kappa shape index (κ2) is 8.08. The van der Waals surface area contributed by atoms with Crippen LogP contribution in [0.5, 0.6) is 11.5 Å². The first-order valence-electron chi connectivity index (χ1n) is 6.64. The molecule has 7 heteroatoms. The minimum Gasteiger partial charge on any atom is -0.497 e. The molecule has 0 radical (unpaired) electrons. The predicted molar refractivity (Wildman–Crippen MR) is 85.2 cm³/mol. The lowest BCUT2D eigenvalue weighted by Crippen LogP contribution is -2.12. The highest BCUT2D eigenvalue weighted by Crippen LogP contribution is 2.39. The van der Waals surface area contributed by atoms with Crippen LogP contribution in [-0.4, -0.2) is 20.3 Å². The van der Waals surface area contributed by atoms with Crippen molar-refractivity contribution in [3.05, 3.63) is 48.0 Å². The molecule has 0 spiro atoms. The van der Waals surface area contributed by atoms with Crippen molar-refractivity contribution >= 4 is 12.4 Å². The number of ether oxygens (including phenoxy) is 2. The first-order chi connectivity index (χ1) is 10.5. The van der Waals surface area contributed by atoms with Gasteiger partial charge >= 0.3 is 6.18 Å². The number of methoxy groups -OCH3 is 1. The van der Waals surface area contributed by atoms with Crippen LogP contribution in [0.1, 0.15) is 5.56 Å². The van der Waals surface area contributed by atoms with Gasteiger partial charge in [0.05, 0.1) is 12.7 Å². The summed E-state index contributed by atoms with van der Waals surface area (Å²) in [4.78, 5) is 0. The van der Waals surface area contributed by atoms with E-state index in [0.717, 1.165) is 6.07 Å². The molecule has 0 amide bonds. The molecule has 0 bridgehead atoms. The van der Waals surface area contributed by atoms with Gasteiger partial charge in [-0.1, -0.05) is 18.2 Å². The molecule has 126 valence electrons. The Balaban J connectivity index is 0.00000264. The van der Waals surface area contributed by atoms with Crippen molar-refractivity contribution in [1.29, 1.82) is 0 Å². The fraction of sp³-hybridized carbons (Fsp3) is 0.250. The van der Waals surface area contributed by atoms with Gasteiger partial charge in [-0.05, 0) is 35.4 Å². The van der Waals surface area contributed by atoms with E-state index < -0.39 is 11.7 Å². The monoisotopic (exact) mass is 347 g/mol. The van der Waals surface area contributed by atoms with Gasteiger partial charge in [0.15, 0.2) is 0 Å². The Bertz CT molecular complexity index is 647. The molecular formula is C16H17ClF3NO2. The van der Waals surface area contributed by atoms with Gasteiger partial charge in [-0.3, -0.25) is 0 Å². The zero-order chi connectivity index (χ0) is 16.2. The second-order valence-electron chi connectivity index (χ2n) is 4.57. The summed E-state index contributed by atoms with van der Waals surface area (Å²) in [6, 6.07) is 10.4. The molecule has 0 aromatic heterocycles. The van der Waals surface area contributed by atoms with Crippen molar-refractivity contribution in [2.75, 3.05) is 20.3 Å². The van der Waals surface area contributed by atoms with Gasteiger partial charge in [0.2, 0.25) is 0 Å². The van der Waals surface area contributed by atoms with Crippen LogP contribution in [0.25, 0.3) is 11.1 Å². The van der Waals surface area contributed by atoms with Crippen molar-refractivity contribution in [1.82, 2.24) is 0 Å². The molecule has 23 heavy (non-hydrogen) atoms. The normalized spacial score (nSPS) is 10.8. The third-order valence-corrected chi connectivity index (χ3v) is 3.06. The average Bonchev–Trinajstić information content (AvgIpc) is 2.52. The first-order valence-corrected chi connectivity index (χ1v) is 6.64. The minimum absolute atomic E-state index is 0. The Kier molecular flexibility index (Phi) is 6.72. The maximum Gasteiger partial charge on any atom is 0.417 e. The number of hydrogen-bond donors (Lipinski definition) is 1. The Morgan fingerprint density at radius 1 is 1.04 bits per heavy atom. The zero-order valence-electron chi connectivity index (χ0n) is 12.4. The number of rotatable bonds is 5. The molecule has 3 nitrogen and oxygen atoms in total. The molecule has 2 rings (SSSR count). The van der Waals surface area contributed by atoms with Crippen molar-refractivity contribution in [3.8, 4) is 22.6 Å². The third kappa shape index (κ3) is 4.77. The largest absolute Gasteiger partial charge is 0.497 e. The van der Waals surface area contributed by atoms with E-state index in [1.165, 1.54) is 19.2 Å². The Hall–Kier alpha value is -1.92. The zero-order valence-corrected chi connectivity index (χ0v) is 13.2. The molecule has 2 aromatic rings.